The largest absolute Gasteiger partial charge is 0.393 e. The molecule has 1 saturated carbocycles. The average molecular weight is 287 g/mol. The normalized spacial score (nSPS) is 21.8. The van der Waals surface area contributed by atoms with Gasteiger partial charge in [0.1, 0.15) is 0 Å². The molecule has 0 saturated heterocycles. The Morgan fingerprint density at radius 2 is 2.24 bits per heavy atom. The van der Waals surface area contributed by atoms with Gasteiger partial charge in [-0.3, -0.25) is 4.79 Å². The van der Waals surface area contributed by atoms with Crippen molar-refractivity contribution in [3.05, 3.63) is 30.6 Å². The molecule has 2 atom stereocenters. The maximum Gasteiger partial charge on any atom is 0.221 e. The van der Waals surface area contributed by atoms with Gasteiger partial charge in [-0.2, -0.15) is 0 Å². The quantitative estimate of drug-likeness (QED) is 0.879. The molecule has 2 aromatic rings. The minimum Gasteiger partial charge on any atom is -0.393 e. The van der Waals surface area contributed by atoms with Gasteiger partial charge >= 0.3 is 0 Å². The molecule has 0 aliphatic heterocycles. The molecule has 0 bridgehead atoms. The molecular formula is C16H21N3O2. The summed E-state index contributed by atoms with van der Waals surface area (Å²) in [5, 5.41) is 12.4. The molecule has 112 valence electrons. The lowest BCUT2D eigenvalue weighted by Crippen LogP contribution is -2.29. The zero-order chi connectivity index (χ0) is 14.7. The number of amides is 1. The van der Waals surface area contributed by atoms with Gasteiger partial charge in [-0.05, 0) is 37.3 Å². The summed E-state index contributed by atoms with van der Waals surface area (Å²) >= 11 is 0. The van der Waals surface area contributed by atoms with Crippen LogP contribution in [0, 0.1) is 5.92 Å². The maximum absolute atomic E-state index is 11.9. The van der Waals surface area contributed by atoms with Gasteiger partial charge in [0.2, 0.25) is 5.91 Å². The van der Waals surface area contributed by atoms with E-state index in [1.54, 1.807) is 6.33 Å². The lowest BCUT2D eigenvalue weighted by Gasteiger charge is -2.11. The van der Waals surface area contributed by atoms with Crippen molar-refractivity contribution in [1.29, 1.82) is 0 Å². The Kier molecular flexibility index (Phi) is 4.20. The molecule has 3 rings (SSSR count). The second-order valence-corrected chi connectivity index (χ2v) is 5.81. The molecule has 1 aromatic carbocycles. The minimum absolute atomic E-state index is 0.0640. The number of carbonyl (C=O) groups excluding carboxylic acids is 1. The molecule has 1 aliphatic carbocycles. The predicted octanol–water partition coefficient (Wildman–Crippen LogP) is 1.70. The van der Waals surface area contributed by atoms with E-state index in [0.29, 0.717) is 25.4 Å². The van der Waals surface area contributed by atoms with E-state index in [2.05, 4.69) is 10.3 Å². The van der Waals surface area contributed by atoms with Crippen LogP contribution in [0.2, 0.25) is 0 Å². The number of para-hydroxylation sites is 2. The van der Waals surface area contributed by atoms with E-state index in [1.165, 1.54) is 0 Å². The van der Waals surface area contributed by atoms with Crippen LogP contribution >= 0.6 is 0 Å². The maximum atomic E-state index is 11.9. The number of benzene rings is 1. The number of aryl methyl sites for hydroxylation is 1. The highest BCUT2D eigenvalue weighted by Gasteiger charge is 2.22. The van der Waals surface area contributed by atoms with Crippen LogP contribution < -0.4 is 5.32 Å². The Bertz CT molecular complexity index is 623. The van der Waals surface area contributed by atoms with Crippen molar-refractivity contribution in [2.24, 2.45) is 5.92 Å². The first kappa shape index (κ1) is 14.1. The molecule has 21 heavy (non-hydrogen) atoms. The summed E-state index contributed by atoms with van der Waals surface area (Å²) in [6.07, 6.45) is 4.74. The van der Waals surface area contributed by atoms with Crippen LogP contribution in [-0.4, -0.2) is 33.2 Å². The van der Waals surface area contributed by atoms with Crippen LogP contribution in [0.15, 0.2) is 30.6 Å². The Morgan fingerprint density at radius 1 is 1.38 bits per heavy atom. The molecule has 5 heteroatoms. The number of fused-ring (bicyclic) bond motifs is 1. The fourth-order valence-corrected chi connectivity index (χ4v) is 2.99. The van der Waals surface area contributed by atoms with Crippen molar-refractivity contribution in [3.63, 3.8) is 0 Å². The number of nitrogens with one attached hydrogen (secondary N) is 1. The number of rotatable bonds is 5. The zero-order valence-electron chi connectivity index (χ0n) is 12.0. The minimum atomic E-state index is -0.177. The molecule has 0 radical (unpaired) electrons. The monoisotopic (exact) mass is 287 g/mol. The van der Waals surface area contributed by atoms with Gasteiger partial charge in [0.05, 0.1) is 23.5 Å². The first-order chi connectivity index (χ1) is 10.2. The summed E-state index contributed by atoms with van der Waals surface area (Å²) in [6.45, 7) is 1.32. The lowest BCUT2D eigenvalue weighted by molar-refractivity contribution is -0.121. The number of aromatic nitrogens is 2. The van der Waals surface area contributed by atoms with Crippen LogP contribution in [0.4, 0.5) is 0 Å². The Labute approximate surface area is 124 Å². The summed E-state index contributed by atoms with van der Waals surface area (Å²) in [5.74, 6) is 0.493. The van der Waals surface area contributed by atoms with Crippen LogP contribution in [-0.2, 0) is 11.3 Å². The average Bonchev–Trinajstić information content (AvgIpc) is 3.09. The van der Waals surface area contributed by atoms with Crippen molar-refractivity contribution < 1.29 is 9.90 Å². The van der Waals surface area contributed by atoms with Crippen LogP contribution in [0.1, 0.15) is 25.7 Å². The first-order valence-corrected chi connectivity index (χ1v) is 7.57. The van der Waals surface area contributed by atoms with E-state index in [4.69, 9.17) is 0 Å². The fraction of sp³-hybridized carbons (Fsp3) is 0.500. The van der Waals surface area contributed by atoms with Gasteiger partial charge < -0.3 is 15.0 Å². The molecule has 1 amide bonds. The van der Waals surface area contributed by atoms with Crippen LogP contribution in [0.3, 0.4) is 0 Å². The fourth-order valence-electron chi connectivity index (χ4n) is 2.99. The van der Waals surface area contributed by atoms with Gasteiger partial charge in [0.15, 0.2) is 0 Å². The summed E-state index contributed by atoms with van der Waals surface area (Å²) in [5.41, 5.74) is 2.02. The van der Waals surface area contributed by atoms with E-state index in [9.17, 15) is 9.90 Å². The smallest absolute Gasteiger partial charge is 0.221 e. The zero-order valence-corrected chi connectivity index (χ0v) is 12.0. The van der Waals surface area contributed by atoms with Crippen molar-refractivity contribution in [1.82, 2.24) is 14.9 Å². The Morgan fingerprint density at radius 3 is 3.05 bits per heavy atom. The second-order valence-electron chi connectivity index (χ2n) is 5.81. The van der Waals surface area contributed by atoms with E-state index in [0.717, 1.165) is 30.3 Å². The molecule has 1 heterocycles. The van der Waals surface area contributed by atoms with Gasteiger partial charge in [0, 0.05) is 19.5 Å². The molecule has 1 aliphatic rings. The summed E-state index contributed by atoms with van der Waals surface area (Å²) in [6, 6.07) is 7.92. The molecule has 5 nitrogen and oxygen atoms in total. The number of carbonyl (C=O) groups is 1. The molecular weight excluding hydrogens is 266 g/mol. The highest BCUT2D eigenvalue weighted by atomic mass is 16.3. The molecule has 2 N–H and O–H groups in total. The molecule has 1 aromatic heterocycles. The number of hydrogen-bond acceptors (Lipinski definition) is 3. The number of aliphatic hydroxyl groups is 1. The summed E-state index contributed by atoms with van der Waals surface area (Å²) in [4.78, 5) is 16.2. The highest BCUT2D eigenvalue weighted by Crippen LogP contribution is 2.24. The second kappa shape index (κ2) is 6.26. The molecule has 1 fully saturated rings. The van der Waals surface area contributed by atoms with Gasteiger partial charge in [-0.1, -0.05) is 12.1 Å². The topological polar surface area (TPSA) is 67.2 Å². The molecule has 0 spiro atoms. The SMILES string of the molecule is O=C(CCn1cnc2ccccc21)NCC1CCC(O)C1. The third-order valence-electron chi connectivity index (χ3n) is 4.21. The van der Waals surface area contributed by atoms with E-state index in [-0.39, 0.29) is 12.0 Å². The standard InChI is InChI=1S/C16H21N3O2/c20-13-6-5-12(9-13)10-17-16(21)7-8-19-11-18-14-3-1-2-4-15(14)19/h1-4,11-13,20H,5-10H2,(H,17,21). The molecule has 2 unspecified atom stereocenters. The van der Waals surface area contributed by atoms with Crippen LogP contribution in [0.25, 0.3) is 11.0 Å². The predicted molar refractivity (Wildman–Crippen MR) is 80.7 cm³/mol. The highest BCUT2D eigenvalue weighted by molar-refractivity contribution is 5.77. The number of aliphatic hydroxyl groups excluding tert-OH is 1. The third kappa shape index (κ3) is 3.42. The third-order valence-corrected chi connectivity index (χ3v) is 4.21. The number of hydrogen-bond donors (Lipinski definition) is 2. The van der Waals surface area contributed by atoms with Crippen molar-refractivity contribution in [3.8, 4) is 0 Å². The lowest BCUT2D eigenvalue weighted by atomic mass is 10.1. The van der Waals surface area contributed by atoms with Crippen LogP contribution in [0.5, 0.6) is 0 Å². The van der Waals surface area contributed by atoms with Gasteiger partial charge in [0.25, 0.3) is 0 Å². The number of imidazole rings is 1. The van der Waals surface area contributed by atoms with Crippen molar-refractivity contribution >= 4 is 16.9 Å². The Hall–Kier alpha value is -1.88. The first-order valence-electron chi connectivity index (χ1n) is 7.57. The Balaban J connectivity index is 1.47. The van der Waals surface area contributed by atoms with Crippen molar-refractivity contribution in [2.75, 3.05) is 6.54 Å². The van der Waals surface area contributed by atoms with E-state index >= 15 is 0 Å². The van der Waals surface area contributed by atoms with E-state index < -0.39 is 0 Å². The van der Waals surface area contributed by atoms with Crippen molar-refractivity contribution in [2.45, 2.75) is 38.3 Å². The van der Waals surface area contributed by atoms with Gasteiger partial charge in [-0.25, -0.2) is 4.98 Å². The summed E-state index contributed by atoms with van der Waals surface area (Å²) < 4.78 is 2.01. The van der Waals surface area contributed by atoms with E-state index in [1.807, 2.05) is 28.8 Å². The summed E-state index contributed by atoms with van der Waals surface area (Å²) in [7, 11) is 0. The van der Waals surface area contributed by atoms with Gasteiger partial charge in [-0.15, -0.1) is 0 Å². The number of nitrogens with zero attached hydrogens (tertiary/aromatic N) is 2.